The number of hydrogen-bond donors (Lipinski definition) is 1. The highest BCUT2D eigenvalue weighted by molar-refractivity contribution is 6.07. The lowest BCUT2D eigenvalue weighted by molar-refractivity contribution is -0.139. The van der Waals surface area contributed by atoms with E-state index in [-0.39, 0.29) is 24.1 Å². The summed E-state index contributed by atoms with van der Waals surface area (Å²) in [6.07, 6.45) is 1.53. The van der Waals surface area contributed by atoms with Crippen molar-refractivity contribution in [3.8, 4) is 0 Å². The third-order valence-corrected chi connectivity index (χ3v) is 3.42. The topological polar surface area (TPSA) is 49.4 Å². The highest BCUT2D eigenvalue weighted by atomic mass is 19.2. The van der Waals surface area contributed by atoms with E-state index in [2.05, 4.69) is 5.32 Å². The molecule has 0 bridgehead atoms. The van der Waals surface area contributed by atoms with E-state index in [1.807, 2.05) is 0 Å². The lowest BCUT2D eigenvalue weighted by Crippen LogP contribution is -2.36. The van der Waals surface area contributed by atoms with Crippen molar-refractivity contribution in [2.24, 2.45) is 0 Å². The number of amides is 2. The third-order valence-electron chi connectivity index (χ3n) is 3.42. The minimum atomic E-state index is -1.57. The number of imide groups is 1. The summed E-state index contributed by atoms with van der Waals surface area (Å²) in [5.74, 6) is -4.95. The van der Waals surface area contributed by atoms with Crippen molar-refractivity contribution in [1.82, 2.24) is 4.90 Å². The molecule has 1 saturated heterocycles. The molecule has 1 N–H and O–H groups in total. The van der Waals surface area contributed by atoms with Gasteiger partial charge in [-0.3, -0.25) is 14.5 Å². The van der Waals surface area contributed by atoms with Crippen molar-refractivity contribution in [3.63, 3.8) is 0 Å². The molecule has 0 aromatic heterocycles. The average molecular weight is 284 g/mol. The molecule has 3 rings (SSSR count). The van der Waals surface area contributed by atoms with Gasteiger partial charge in [0.1, 0.15) is 6.04 Å². The first-order valence-electron chi connectivity index (χ1n) is 6.24. The Kier molecular flexibility index (Phi) is 2.92. The molecule has 1 unspecified atom stereocenters. The van der Waals surface area contributed by atoms with Gasteiger partial charge in [0.25, 0.3) is 5.91 Å². The summed E-state index contributed by atoms with van der Waals surface area (Å²) < 4.78 is 39.0. The number of nitrogens with zero attached hydrogens (tertiary/aromatic N) is 1. The van der Waals surface area contributed by atoms with E-state index >= 15 is 0 Å². The molecule has 1 aromatic rings. The van der Waals surface area contributed by atoms with Crippen LogP contribution in [0.1, 0.15) is 19.3 Å². The van der Waals surface area contributed by atoms with Gasteiger partial charge in [-0.05, 0) is 12.8 Å². The molecule has 2 amide bonds. The molecule has 1 atom stereocenters. The number of carbonyl (C=O) groups is 2. The molecule has 7 heteroatoms. The standard InChI is InChI=1S/C13H11F3N2O2/c14-8-3-6(4-9(15)12(8)16)17-10-5-11(19)18(13(10)20)7-1-2-7/h3-4,7,10,17H,1-2,5H2. The Balaban J connectivity index is 1.78. The summed E-state index contributed by atoms with van der Waals surface area (Å²) in [5.41, 5.74) is -0.0646. The monoisotopic (exact) mass is 284 g/mol. The maximum atomic E-state index is 13.1. The molecule has 1 aliphatic carbocycles. The van der Waals surface area contributed by atoms with Gasteiger partial charge in [0.05, 0.1) is 6.42 Å². The van der Waals surface area contributed by atoms with Gasteiger partial charge < -0.3 is 5.32 Å². The number of anilines is 1. The summed E-state index contributed by atoms with van der Waals surface area (Å²) in [7, 11) is 0. The highest BCUT2D eigenvalue weighted by Gasteiger charge is 2.46. The van der Waals surface area contributed by atoms with E-state index in [9.17, 15) is 22.8 Å². The molecular formula is C13H11F3N2O2. The van der Waals surface area contributed by atoms with Gasteiger partial charge in [-0.2, -0.15) is 0 Å². The van der Waals surface area contributed by atoms with Gasteiger partial charge in [-0.15, -0.1) is 0 Å². The zero-order valence-electron chi connectivity index (χ0n) is 10.3. The Morgan fingerprint density at radius 2 is 1.70 bits per heavy atom. The fraction of sp³-hybridized carbons (Fsp3) is 0.385. The molecule has 0 spiro atoms. The van der Waals surface area contributed by atoms with Crippen LogP contribution < -0.4 is 5.32 Å². The van der Waals surface area contributed by atoms with Crippen LogP contribution in [0.2, 0.25) is 0 Å². The predicted octanol–water partition coefficient (Wildman–Crippen LogP) is 1.81. The zero-order valence-corrected chi connectivity index (χ0v) is 10.3. The lowest BCUT2D eigenvalue weighted by atomic mass is 10.2. The third kappa shape index (κ3) is 2.13. The van der Waals surface area contributed by atoms with E-state index in [0.29, 0.717) is 0 Å². The molecule has 1 saturated carbocycles. The van der Waals surface area contributed by atoms with Crippen LogP contribution >= 0.6 is 0 Å². The fourth-order valence-electron chi connectivity index (χ4n) is 2.32. The van der Waals surface area contributed by atoms with Crippen LogP contribution in [0.4, 0.5) is 18.9 Å². The Labute approximate surface area is 112 Å². The Morgan fingerprint density at radius 3 is 2.25 bits per heavy atom. The maximum absolute atomic E-state index is 13.1. The number of benzene rings is 1. The first-order valence-corrected chi connectivity index (χ1v) is 6.24. The van der Waals surface area contributed by atoms with Crippen LogP contribution in [0, 0.1) is 17.5 Å². The van der Waals surface area contributed by atoms with Crippen molar-refractivity contribution in [3.05, 3.63) is 29.6 Å². The van der Waals surface area contributed by atoms with Crippen molar-refractivity contribution in [2.75, 3.05) is 5.32 Å². The van der Waals surface area contributed by atoms with Crippen LogP contribution in [0.5, 0.6) is 0 Å². The first-order chi connectivity index (χ1) is 9.47. The second kappa shape index (κ2) is 4.50. The van der Waals surface area contributed by atoms with Gasteiger partial charge in [0.2, 0.25) is 5.91 Å². The summed E-state index contributed by atoms with van der Waals surface area (Å²) in [4.78, 5) is 24.9. The number of carbonyl (C=O) groups excluding carboxylic acids is 2. The first kappa shape index (κ1) is 13.0. The molecule has 1 aromatic carbocycles. The number of nitrogens with one attached hydrogen (secondary N) is 1. The predicted molar refractivity (Wildman–Crippen MR) is 63.2 cm³/mol. The average Bonchev–Trinajstić information content (AvgIpc) is 3.15. The number of rotatable bonds is 3. The van der Waals surface area contributed by atoms with E-state index in [0.717, 1.165) is 25.0 Å². The quantitative estimate of drug-likeness (QED) is 0.680. The Hall–Kier alpha value is -2.05. The van der Waals surface area contributed by atoms with Gasteiger partial charge in [0, 0.05) is 23.9 Å². The molecule has 106 valence electrons. The van der Waals surface area contributed by atoms with Crippen LogP contribution in [0.15, 0.2) is 12.1 Å². The van der Waals surface area contributed by atoms with Crippen molar-refractivity contribution in [2.45, 2.75) is 31.3 Å². The smallest absolute Gasteiger partial charge is 0.252 e. The summed E-state index contributed by atoms with van der Waals surface area (Å²) >= 11 is 0. The van der Waals surface area contributed by atoms with Gasteiger partial charge >= 0.3 is 0 Å². The summed E-state index contributed by atoms with van der Waals surface area (Å²) in [5, 5.41) is 2.58. The Bertz CT molecular complexity index is 578. The molecule has 4 nitrogen and oxygen atoms in total. The zero-order chi connectivity index (χ0) is 14.4. The highest BCUT2D eigenvalue weighted by Crippen LogP contribution is 2.32. The number of halogens is 3. The maximum Gasteiger partial charge on any atom is 0.252 e. The van der Waals surface area contributed by atoms with Crippen LogP contribution in [-0.4, -0.2) is 28.8 Å². The molecule has 1 heterocycles. The van der Waals surface area contributed by atoms with Gasteiger partial charge in [0.15, 0.2) is 17.5 Å². The fourth-order valence-corrected chi connectivity index (χ4v) is 2.32. The van der Waals surface area contributed by atoms with Crippen molar-refractivity contribution in [1.29, 1.82) is 0 Å². The van der Waals surface area contributed by atoms with Gasteiger partial charge in [-0.1, -0.05) is 0 Å². The van der Waals surface area contributed by atoms with Crippen molar-refractivity contribution < 1.29 is 22.8 Å². The lowest BCUT2D eigenvalue weighted by Gasteiger charge is -2.15. The number of likely N-dealkylation sites (tertiary alicyclic amines) is 1. The Morgan fingerprint density at radius 1 is 1.10 bits per heavy atom. The molecule has 2 aliphatic rings. The van der Waals surface area contributed by atoms with E-state index < -0.39 is 29.4 Å². The van der Waals surface area contributed by atoms with Crippen LogP contribution in [-0.2, 0) is 9.59 Å². The second-order valence-corrected chi connectivity index (χ2v) is 4.99. The number of hydrogen-bond acceptors (Lipinski definition) is 3. The van der Waals surface area contributed by atoms with Gasteiger partial charge in [-0.25, -0.2) is 13.2 Å². The van der Waals surface area contributed by atoms with E-state index in [1.54, 1.807) is 0 Å². The summed E-state index contributed by atoms with van der Waals surface area (Å²) in [6.45, 7) is 0. The minimum Gasteiger partial charge on any atom is -0.373 e. The molecule has 2 fully saturated rings. The van der Waals surface area contributed by atoms with E-state index in [4.69, 9.17) is 0 Å². The molecular weight excluding hydrogens is 273 g/mol. The summed E-state index contributed by atoms with van der Waals surface area (Å²) in [6, 6.07) is 0.627. The normalized spacial score (nSPS) is 22.6. The molecule has 0 radical (unpaired) electrons. The van der Waals surface area contributed by atoms with Crippen LogP contribution in [0.25, 0.3) is 0 Å². The molecule has 20 heavy (non-hydrogen) atoms. The van der Waals surface area contributed by atoms with Crippen LogP contribution in [0.3, 0.4) is 0 Å². The van der Waals surface area contributed by atoms with Crippen molar-refractivity contribution >= 4 is 17.5 Å². The largest absolute Gasteiger partial charge is 0.373 e. The minimum absolute atomic E-state index is 0.0384. The second-order valence-electron chi connectivity index (χ2n) is 4.99. The van der Waals surface area contributed by atoms with E-state index in [1.165, 1.54) is 4.90 Å². The molecule has 1 aliphatic heterocycles. The SMILES string of the molecule is O=C1CC(Nc2cc(F)c(F)c(F)c2)C(=O)N1C1CC1.